The maximum Gasteiger partial charge on any atom is 0.0332 e. The molecule has 0 spiro atoms. The van der Waals surface area contributed by atoms with Crippen molar-refractivity contribution in [1.82, 2.24) is 9.80 Å². The summed E-state index contributed by atoms with van der Waals surface area (Å²) < 4.78 is 0. The molecule has 0 bridgehead atoms. The topological polar surface area (TPSA) is 6.48 Å². The van der Waals surface area contributed by atoms with E-state index in [2.05, 4.69) is 43.7 Å². The highest BCUT2D eigenvalue weighted by Gasteiger charge is 2.28. The average molecular weight is 250 g/mol. The number of allylic oxidation sites excluding steroid dienone is 1. The lowest BCUT2D eigenvalue weighted by molar-refractivity contribution is 0.0580. The second kappa shape index (κ2) is 7.63. The molecule has 0 aromatic carbocycles. The van der Waals surface area contributed by atoms with Gasteiger partial charge in [-0.2, -0.15) is 0 Å². The molecule has 0 saturated carbocycles. The van der Waals surface area contributed by atoms with Gasteiger partial charge in [0, 0.05) is 37.4 Å². The van der Waals surface area contributed by atoms with Crippen molar-refractivity contribution in [2.24, 2.45) is 0 Å². The molecule has 2 heteroatoms. The molecule has 1 unspecified atom stereocenters. The normalized spacial score (nSPS) is 21.3. The summed E-state index contributed by atoms with van der Waals surface area (Å²) in [7, 11) is 0. The lowest BCUT2D eigenvalue weighted by Crippen LogP contribution is -2.54. The zero-order valence-corrected chi connectivity index (χ0v) is 12.5. The van der Waals surface area contributed by atoms with Gasteiger partial charge in [0.25, 0.3) is 0 Å². The molecular weight excluding hydrogens is 220 g/mol. The summed E-state index contributed by atoms with van der Waals surface area (Å²) in [5, 5.41) is 0. The highest BCUT2D eigenvalue weighted by atomic mass is 15.3. The number of piperazine rings is 1. The molecule has 0 radical (unpaired) electrons. The van der Waals surface area contributed by atoms with Gasteiger partial charge < -0.3 is 4.90 Å². The molecule has 0 aliphatic carbocycles. The molecule has 1 fully saturated rings. The number of rotatable bonds is 7. The molecule has 2 nitrogen and oxygen atoms in total. The molecule has 1 rings (SSSR count). The second-order valence-corrected chi connectivity index (χ2v) is 5.46. The first kappa shape index (κ1) is 15.3. The van der Waals surface area contributed by atoms with E-state index < -0.39 is 0 Å². The lowest BCUT2D eigenvalue weighted by Gasteiger charge is -2.45. The Morgan fingerprint density at radius 3 is 2.33 bits per heavy atom. The first-order chi connectivity index (χ1) is 8.63. The largest absolute Gasteiger partial charge is 0.369 e. The van der Waals surface area contributed by atoms with Crippen molar-refractivity contribution in [3.63, 3.8) is 0 Å². The van der Waals surface area contributed by atoms with Crippen molar-refractivity contribution >= 4 is 0 Å². The molecule has 0 N–H and O–H groups in total. The zero-order chi connectivity index (χ0) is 13.5. The van der Waals surface area contributed by atoms with Crippen LogP contribution in [0.1, 0.15) is 46.5 Å². The van der Waals surface area contributed by atoms with Gasteiger partial charge in [-0.05, 0) is 25.8 Å². The third kappa shape index (κ3) is 3.88. The van der Waals surface area contributed by atoms with E-state index in [0.29, 0.717) is 6.04 Å². The van der Waals surface area contributed by atoms with Gasteiger partial charge >= 0.3 is 0 Å². The van der Waals surface area contributed by atoms with Crippen LogP contribution in [-0.4, -0.2) is 41.5 Å². The van der Waals surface area contributed by atoms with Crippen LogP contribution < -0.4 is 0 Å². The molecule has 104 valence electrons. The summed E-state index contributed by atoms with van der Waals surface area (Å²) in [6.45, 7) is 18.2. The standard InChI is InChI=1S/C16H30N2/c1-6-9-16(10-7-2)18-12-11-17(13-15(18)5)14(4)8-3/h8,15-16H,3-4,6-7,9-13H2,1-2,5H3. The summed E-state index contributed by atoms with van der Waals surface area (Å²) >= 11 is 0. The van der Waals surface area contributed by atoms with E-state index in [1.807, 2.05) is 6.08 Å². The van der Waals surface area contributed by atoms with Gasteiger partial charge in [-0.3, -0.25) is 4.90 Å². The summed E-state index contributed by atoms with van der Waals surface area (Å²) in [6, 6.07) is 1.40. The molecule has 0 amide bonds. The third-order valence-electron chi connectivity index (χ3n) is 4.03. The highest BCUT2D eigenvalue weighted by Crippen LogP contribution is 2.21. The van der Waals surface area contributed by atoms with Crippen LogP contribution in [0, 0.1) is 0 Å². The minimum atomic E-state index is 0.624. The van der Waals surface area contributed by atoms with Crippen LogP contribution in [0.15, 0.2) is 24.9 Å². The smallest absolute Gasteiger partial charge is 0.0332 e. The van der Waals surface area contributed by atoms with Gasteiger partial charge in [0.15, 0.2) is 0 Å². The molecule has 18 heavy (non-hydrogen) atoms. The molecule has 1 heterocycles. The monoisotopic (exact) mass is 250 g/mol. The molecule has 0 aromatic heterocycles. The quantitative estimate of drug-likeness (QED) is 0.636. The van der Waals surface area contributed by atoms with Crippen LogP contribution >= 0.6 is 0 Å². The molecular formula is C16H30N2. The van der Waals surface area contributed by atoms with Crippen molar-refractivity contribution < 1.29 is 0 Å². The van der Waals surface area contributed by atoms with E-state index in [-0.39, 0.29) is 0 Å². The second-order valence-electron chi connectivity index (χ2n) is 5.46. The van der Waals surface area contributed by atoms with Gasteiger partial charge in [0.05, 0.1) is 0 Å². The van der Waals surface area contributed by atoms with Crippen LogP contribution in [0.4, 0.5) is 0 Å². The zero-order valence-electron chi connectivity index (χ0n) is 12.5. The van der Waals surface area contributed by atoms with Gasteiger partial charge in [-0.25, -0.2) is 0 Å². The van der Waals surface area contributed by atoms with Crippen LogP contribution in [0.5, 0.6) is 0 Å². The number of hydrogen-bond donors (Lipinski definition) is 0. The Morgan fingerprint density at radius 2 is 1.89 bits per heavy atom. The molecule has 1 atom stereocenters. The van der Waals surface area contributed by atoms with E-state index >= 15 is 0 Å². The SMILES string of the molecule is C=CC(=C)N1CCN(C(CCC)CCC)C(C)C1. The fourth-order valence-corrected chi connectivity index (χ4v) is 3.05. The summed E-state index contributed by atoms with van der Waals surface area (Å²) in [4.78, 5) is 5.07. The van der Waals surface area contributed by atoms with Gasteiger partial charge in [-0.1, -0.05) is 39.8 Å². The van der Waals surface area contributed by atoms with Crippen LogP contribution in [-0.2, 0) is 0 Å². The van der Waals surface area contributed by atoms with Crippen molar-refractivity contribution in [1.29, 1.82) is 0 Å². The van der Waals surface area contributed by atoms with Crippen LogP contribution in [0.25, 0.3) is 0 Å². The average Bonchev–Trinajstić information content (AvgIpc) is 2.37. The van der Waals surface area contributed by atoms with Crippen molar-refractivity contribution in [2.75, 3.05) is 19.6 Å². The fraction of sp³-hybridized carbons (Fsp3) is 0.750. The van der Waals surface area contributed by atoms with Crippen molar-refractivity contribution in [3.8, 4) is 0 Å². The molecule has 1 saturated heterocycles. The van der Waals surface area contributed by atoms with Gasteiger partial charge in [0.2, 0.25) is 0 Å². The van der Waals surface area contributed by atoms with Crippen LogP contribution in [0.3, 0.4) is 0 Å². The first-order valence-electron chi connectivity index (χ1n) is 7.46. The number of hydrogen-bond acceptors (Lipinski definition) is 2. The number of nitrogens with zero attached hydrogens (tertiary/aromatic N) is 2. The minimum absolute atomic E-state index is 0.624. The van der Waals surface area contributed by atoms with Gasteiger partial charge in [-0.15, -0.1) is 0 Å². The highest BCUT2D eigenvalue weighted by molar-refractivity contribution is 5.11. The van der Waals surface area contributed by atoms with E-state index in [4.69, 9.17) is 0 Å². The van der Waals surface area contributed by atoms with E-state index in [1.54, 1.807) is 0 Å². The third-order valence-corrected chi connectivity index (χ3v) is 4.03. The molecule has 1 aliphatic heterocycles. The molecule has 1 aliphatic rings. The van der Waals surface area contributed by atoms with E-state index in [0.717, 1.165) is 24.8 Å². The Labute approximate surface area is 113 Å². The van der Waals surface area contributed by atoms with E-state index in [1.165, 1.54) is 32.2 Å². The van der Waals surface area contributed by atoms with Crippen molar-refractivity contribution in [2.45, 2.75) is 58.5 Å². The lowest BCUT2D eigenvalue weighted by atomic mass is 10.0. The Bertz CT molecular complexity index is 266. The Morgan fingerprint density at radius 1 is 1.28 bits per heavy atom. The predicted molar refractivity (Wildman–Crippen MR) is 80.7 cm³/mol. The summed E-state index contributed by atoms with van der Waals surface area (Å²) in [6.07, 6.45) is 7.12. The van der Waals surface area contributed by atoms with Gasteiger partial charge in [0.1, 0.15) is 0 Å². The maximum absolute atomic E-state index is 4.06. The predicted octanol–water partition coefficient (Wildman–Crippen LogP) is 3.66. The van der Waals surface area contributed by atoms with E-state index in [9.17, 15) is 0 Å². The first-order valence-corrected chi connectivity index (χ1v) is 7.46. The van der Waals surface area contributed by atoms with Crippen LogP contribution in [0.2, 0.25) is 0 Å². The Balaban J connectivity index is 2.59. The Kier molecular flexibility index (Phi) is 6.48. The summed E-state index contributed by atoms with van der Waals surface area (Å²) in [5.74, 6) is 0. The minimum Gasteiger partial charge on any atom is -0.369 e. The Hall–Kier alpha value is -0.760. The fourth-order valence-electron chi connectivity index (χ4n) is 3.05. The molecule has 0 aromatic rings. The summed E-state index contributed by atoms with van der Waals surface area (Å²) in [5.41, 5.74) is 1.07. The van der Waals surface area contributed by atoms with Crippen molar-refractivity contribution in [3.05, 3.63) is 24.9 Å². The maximum atomic E-state index is 4.06.